The second-order valence-corrected chi connectivity index (χ2v) is 6.44. The molecule has 0 amide bonds. The number of benzene rings is 1. The number of nitrogens with zero attached hydrogens (tertiary/aromatic N) is 2. The fraction of sp³-hybridized carbons (Fsp3) is 0.500. The molecule has 1 aliphatic rings. The van der Waals surface area contributed by atoms with Crippen molar-refractivity contribution in [3.05, 3.63) is 52.6 Å². The SMILES string of the molecule is Cc1ccc(Cn2c(C(C)C)nc3c2C(O)CCC3)cc1. The summed E-state index contributed by atoms with van der Waals surface area (Å²) in [6, 6.07) is 8.62. The van der Waals surface area contributed by atoms with Crippen LogP contribution < -0.4 is 0 Å². The predicted molar refractivity (Wildman–Crippen MR) is 84.5 cm³/mol. The van der Waals surface area contributed by atoms with Crippen molar-refractivity contribution >= 4 is 0 Å². The van der Waals surface area contributed by atoms with E-state index in [9.17, 15) is 5.11 Å². The minimum atomic E-state index is -0.362. The molecule has 1 N–H and O–H groups in total. The molecule has 0 fully saturated rings. The zero-order chi connectivity index (χ0) is 15.0. The molecule has 2 aromatic rings. The van der Waals surface area contributed by atoms with E-state index in [0.29, 0.717) is 5.92 Å². The van der Waals surface area contributed by atoms with Crippen LogP contribution in [0.1, 0.15) is 67.1 Å². The summed E-state index contributed by atoms with van der Waals surface area (Å²) in [6.45, 7) is 7.25. The Morgan fingerprint density at radius 3 is 2.67 bits per heavy atom. The van der Waals surface area contributed by atoms with Gasteiger partial charge in [-0.1, -0.05) is 43.7 Å². The maximum atomic E-state index is 10.4. The molecule has 0 radical (unpaired) electrons. The van der Waals surface area contributed by atoms with Crippen molar-refractivity contribution in [1.29, 1.82) is 0 Å². The van der Waals surface area contributed by atoms with Crippen LogP contribution in [0.3, 0.4) is 0 Å². The molecule has 21 heavy (non-hydrogen) atoms. The summed E-state index contributed by atoms with van der Waals surface area (Å²) in [6.07, 6.45) is 2.52. The predicted octanol–water partition coefficient (Wildman–Crippen LogP) is 3.73. The smallest absolute Gasteiger partial charge is 0.112 e. The Morgan fingerprint density at radius 1 is 1.29 bits per heavy atom. The summed E-state index contributed by atoms with van der Waals surface area (Å²) in [5, 5.41) is 10.4. The van der Waals surface area contributed by atoms with Crippen molar-refractivity contribution in [2.24, 2.45) is 0 Å². The van der Waals surface area contributed by atoms with Gasteiger partial charge in [-0.3, -0.25) is 0 Å². The van der Waals surface area contributed by atoms with Crippen LogP contribution in [0, 0.1) is 6.92 Å². The van der Waals surface area contributed by atoms with E-state index in [2.05, 4.69) is 49.6 Å². The molecular weight excluding hydrogens is 260 g/mol. The average Bonchev–Trinajstić information content (AvgIpc) is 2.82. The van der Waals surface area contributed by atoms with Crippen LogP contribution in [-0.4, -0.2) is 14.7 Å². The molecule has 1 aliphatic carbocycles. The zero-order valence-electron chi connectivity index (χ0n) is 13.1. The van der Waals surface area contributed by atoms with E-state index in [1.54, 1.807) is 0 Å². The number of rotatable bonds is 3. The third-order valence-corrected chi connectivity index (χ3v) is 4.30. The second kappa shape index (κ2) is 5.64. The highest BCUT2D eigenvalue weighted by atomic mass is 16.3. The number of hydrogen-bond donors (Lipinski definition) is 1. The van der Waals surface area contributed by atoms with Gasteiger partial charge in [0.05, 0.1) is 17.5 Å². The Bertz CT molecular complexity index is 625. The topological polar surface area (TPSA) is 38.0 Å². The Kier molecular flexibility index (Phi) is 3.85. The molecule has 3 nitrogen and oxygen atoms in total. The molecule has 0 aliphatic heterocycles. The quantitative estimate of drug-likeness (QED) is 0.932. The van der Waals surface area contributed by atoms with E-state index in [1.807, 2.05) is 0 Å². The minimum Gasteiger partial charge on any atom is -0.387 e. The lowest BCUT2D eigenvalue weighted by Gasteiger charge is -2.21. The molecule has 3 heteroatoms. The molecule has 3 rings (SSSR count). The van der Waals surface area contributed by atoms with Crippen molar-refractivity contribution in [3.63, 3.8) is 0 Å². The van der Waals surface area contributed by atoms with Gasteiger partial charge in [0, 0.05) is 12.5 Å². The molecule has 0 bridgehead atoms. The van der Waals surface area contributed by atoms with Gasteiger partial charge in [-0.25, -0.2) is 4.98 Å². The van der Waals surface area contributed by atoms with Gasteiger partial charge in [-0.2, -0.15) is 0 Å². The maximum Gasteiger partial charge on any atom is 0.112 e. The molecule has 0 saturated carbocycles. The zero-order valence-corrected chi connectivity index (χ0v) is 13.1. The summed E-state index contributed by atoms with van der Waals surface area (Å²) < 4.78 is 2.24. The van der Waals surface area contributed by atoms with Gasteiger partial charge in [0.25, 0.3) is 0 Å². The van der Waals surface area contributed by atoms with Gasteiger partial charge in [0.1, 0.15) is 5.82 Å². The maximum absolute atomic E-state index is 10.4. The Labute approximate surface area is 126 Å². The Hall–Kier alpha value is -1.61. The number of aryl methyl sites for hydroxylation is 2. The third-order valence-electron chi connectivity index (χ3n) is 4.30. The van der Waals surface area contributed by atoms with E-state index in [1.165, 1.54) is 11.1 Å². The average molecular weight is 284 g/mol. The Morgan fingerprint density at radius 2 is 2.00 bits per heavy atom. The molecule has 0 saturated heterocycles. The number of aliphatic hydroxyl groups is 1. The second-order valence-electron chi connectivity index (χ2n) is 6.44. The first kappa shape index (κ1) is 14.3. The molecule has 112 valence electrons. The molecule has 1 heterocycles. The van der Waals surface area contributed by atoms with E-state index in [0.717, 1.165) is 43.0 Å². The summed E-state index contributed by atoms with van der Waals surface area (Å²) in [5.41, 5.74) is 4.69. The molecule has 1 atom stereocenters. The van der Waals surface area contributed by atoms with Gasteiger partial charge in [0.15, 0.2) is 0 Å². The van der Waals surface area contributed by atoms with Crippen LogP contribution in [0.5, 0.6) is 0 Å². The normalized spacial score (nSPS) is 18.0. The van der Waals surface area contributed by atoms with Crippen LogP contribution in [0.4, 0.5) is 0 Å². The van der Waals surface area contributed by atoms with Crippen molar-refractivity contribution in [3.8, 4) is 0 Å². The number of hydrogen-bond acceptors (Lipinski definition) is 2. The number of aliphatic hydroxyl groups excluding tert-OH is 1. The monoisotopic (exact) mass is 284 g/mol. The molecule has 1 unspecified atom stereocenters. The number of aromatic nitrogens is 2. The lowest BCUT2D eigenvalue weighted by atomic mass is 9.98. The van der Waals surface area contributed by atoms with Gasteiger partial charge in [-0.15, -0.1) is 0 Å². The van der Waals surface area contributed by atoms with Crippen LogP contribution in [0.15, 0.2) is 24.3 Å². The highest BCUT2D eigenvalue weighted by Crippen LogP contribution is 2.32. The summed E-state index contributed by atoms with van der Waals surface area (Å²) in [7, 11) is 0. The number of fused-ring (bicyclic) bond motifs is 1. The molecular formula is C18H24N2O. The van der Waals surface area contributed by atoms with Crippen molar-refractivity contribution in [2.75, 3.05) is 0 Å². The van der Waals surface area contributed by atoms with Crippen LogP contribution in [0.25, 0.3) is 0 Å². The highest BCUT2D eigenvalue weighted by molar-refractivity contribution is 5.27. The fourth-order valence-corrected chi connectivity index (χ4v) is 3.17. The first-order valence-corrected chi connectivity index (χ1v) is 7.89. The first-order valence-electron chi connectivity index (χ1n) is 7.89. The van der Waals surface area contributed by atoms with Crippen LogP contribution >= 0.6 is 0 Å². The van der Waals surface area contributed by atoms with Gasteiger partial charge in [-0.05, 0) is 31.7 Å². The van der Waals surface area contributed by atoms with Crippen molar-refractivity contribution < 1.29 is 5.11 Å². The van der Waals surface area contributed by atoms with Gasteiger partial charge in [0.2, 0.25) is 0 Å². The summed E-state index contributed by atoms with van der Waals surface area (Å²) >= 11 is 0. The van der Waals surface area contributed by atoms with E-state index in [4.69, 9.17) is 4.98 Å². The minimum absolute atomic E-state index is 0.362. The number of imidazole rings is 1. The van der Waals surface area contributed by atoms with E-state index >= 15 is 0 Å². The lowest BCUT2D eigenvalue weighted by molar-refractivity contribution is 0.147. The molecule has 0 spiro atoms. The molecule has 1 aromatic heterocycles. The third kappa shape index (κ3) is 2.75. The highest BCUT2D eigenvalue weighted by Gasteiger charge is 2.27. The Balaban J connectivity index is 2.03. The largest absolute Gasteiger partial charge is 0.387 e. The van der Waals surface area contributed by atoms with Crippen molar-refractivity contribution in [2.45, 2.75) is 58.6 Å². The first-order chi connectivity index (χ1) is 10.1. The fourth-order valence-electron chi connectivity index (χ4n) is 3.17. The molecule has 1 aromatic carbocycles. The lowest BCUT2D eigenvalue weighted by Crippen LogP contribution is -2.16. The summed E-state index contributed by atoms with van der Waals surface area (Å²) in [4.78, 5) is 4.82. The van der Waals surface area contributed by atoms with Crippen molar-refractivity contribution in [1.82, 2.24) is 9.55 Å². The van der Waals surface area contributed by atoms with Gasteiger partial charge < -0.3 is 9.67 Å². The van der Waals surface area contributed by atoms with Gasteiger partial charge >= 0.3 is 0 Å². The summed E-state index contributed by atoms with van der Waals surface area (Å²) in [5.74, 6) is 1.47. The van der Waals surface area contributed by atoms with E-state index in [-0.39, 0.29) is 6.10 Å². The van der Waals surface area contributed by atoms with E-state index < -0.39 is 0 Å². The van der Waals surface area contributed by atoms with Crippen LogP contribution in [0.2, 0.25) is 0 Å². The van der Waals surface area contributed by atoms with Crippen LogP contribution in [-0.2, 0) is 13.0 Å². The standard InChI is InChI=1S/C18H24N2O/c1-12(2)18-19-15-5-4-6-16(21)17(15)20(18)11-14-9-7-13(3)8-10-14/h7-10,12,16,21H,4-6,11H2,1-3H3.